The second kappa shape index (κ2) is 23.1. The summed E-state index contributed by atoms with van der Waals surface area (Å²) < 4.78 is 53.3. The van der Waals surface area contributed by atoms with Gasteiger partial charge in [0, 0.05) is 39.7 Å². The summed E-state index contributed by atoms with van der Waals surface area (Å²) in [5, 5.41) is 12.3. The molecule has 4 aliphatic heterocycles. The van der Waals surface area contributed by atoms with Gasteiger partial charge in [-0.1, -0.05) is 81.7 Å². The van der Waals surface area contributed by atoms with Gasteiger partial charge in [-0.05, 0) is 144 Å². The van der Waals surface area contributed by atoms with Gasteiger partial charge in [0.25, 0.3) is 11.7 Å². The van der Waals surface area contributed by atoms with Crippen LogP contribution in [0, 0.1) is 29.6 Å². The molecule has 0 aromatic rings. The number of piperidine rings is 1. The highest BCUT2D eigenvalue weighted by Gasteiger charge is 2.57. The smallest absolute Gasteiger partial charge is 0.329 e. The fraction of sp³-hybridized carbons (Fsp3) is 0.909. The van der Waals surface area contributed by atoms with Crippen molar-refractivity contribution in [2.45, 2.75) is 263 Å². The molecule has 0 aromatic heterocycles. The molecule has 70 heavy (non-hydrogen) atoms. The van der Waals surface area contributed by atoms with Gasteiger partial charge in [0.15, 0.2) is 16.6 Å². The molecule has 1 N–H and O–H groups in total. The Morgan fingerprint density at radius 3 is 1.93 bits per heavy atom. The van der Waals surface area contributed by atoms with Crippen molar-refractivity contribution in [1.29, 1.82) is 0 Å². The van der Waals surface area contributed by atoms with Crippen LogP contribution < -0.4 is 0 Å². The fourth-order valence-electron chi connectivity index (χ4n) is 12.0. The zero-order chi connectivity index (χ0) is 52.5. The minimum Gasteiger partial charge on any atom is -0.456 e. The highest BCUT2D eigenvalue weighted by Crippen LogP contribution is 2.48. The molecular weight excluding hydrogens is 923 g/mol. The van der Waals surface area contributed by atoms with Gasteiger partial charge in [0.2, 0.25) is 5.79 Å². The average Bonchev–Trinajstić information content (AvgIpc) is 3.60. The number of ketones is 1. The lowest BCUT2D eigenvalue weighted by molar-refractivity contribution is -0.302. The van der Waals surface area contributed by atoms with E-state index in [4.69, 9.17) is 37.3 Å². The first-order chi connectivity index (χ1) is 32.3. The lowest BCUT2D eigenvalue weighted by atomic mass is 9.80. The summed E-state index contributed by atoms with van der Waals surface area (Å²) in [6, 6.07) is -1.04. The number of ether oxygens (including phenoxy) is 6. The van der Waals surface area contributed by atoms with E-state index in [-0.39, 0.29) is 71.1 Å². The topological polar surface area (TPSA) is 149 Å². The van der Waals surface area contributed by atoms with Gasteiger partial charge in [-0.2, -0.15) is 0 Å². The number of aliphatic hydroxyl groups is 1. The van der Waals surface area contributed by atoms with Gasteiger partial charge in [-0.15, -0.1) is 0 Å². The Labute approximate surface area is 426 Å². The summed E-state index contributed by atoms with van der Waals surface area (Å²) in [6.07, 6.45) is 7.23. The van der Waals surface area contributed by atoms with Gasteiger partial charge in [0.05, 0.1) is 42.2 Å². The first kappa shape index (κ1) is 59.3. The summed E-state index contributed by atoms with van der Waals surface area (Å²) in [5.74, 6) is -5.67. The molecule has 0 unspecified atom stereocenters. The van der Waals surface area contributed by atoms with Crippen molar-refractivity contribution in [2.24, 2.45) is 29.6 Å². The maximum absolute atomic E-state index is 15.1. The first-order valence-corrected chi connectivity index (χ1v) is 32.9. The summed E-state index contributed by atoms with van der Waals surface area (Å²) in [5.41, 5.74) is 0.473. The molecule has 5 aliphatic rings. The molecule has 1 aliphatic carbocycles. The normalized spacial score (nSPS) is 39.6. The quantitative estimate of drug-likeness (QED) is 0.0961. The Balaban J connectivity index is 1.61. The van der Waals surface area contributed by atoms with E-state index in [2.05, 4.69) is 108 Å². The molecule has 1 amide bonds. The van der Waals surface area contributed by atoms with Crippen molar-refractivity contribution in [3.63, 3.8) is 0 Å². The molecular formula is C55H99NO12Si2. The molecule has 404 valence electrons. The minimum absolute atomic E-state index is 0.00217. The van der Waals surface area contributed by atoms with Crippen molar-refractivity contribution >= 4 is 34.3 Å². The zero-order valence-corrected chi connectivity index (χ0v) is 49.2. The summed E-state index contributed by atoms with van der Waals surface area (Å²) in [7, 11) is 0.485. The molecule has 4 bridgehead atoms. The van der Waals surface area contributed by atoms with E-state index in [1.54, 1.807) is 28.3 Å². The Bertz CT molecular complexity index is 1810. The van der Waals surface area contributed by atoms with Crippen LogP contribution in [0.2, 0.25) is 36.3 Å². The largest absolute Gasteiger partial charge is 0.456 e. The number of allylic oxidation sites excluding steroid dienone is 1. The van der Waals surface area contributed by atoms with Crippen LogP contribution in [0.1, 0.15) is 160 Å². The van der Waals surface area contributed by atoms with E-state index in [9.17, 15) is 14.7 Å². The van der Waals surface area contributed by atoms with Crippen LogP contribution in [0.25, 0.3) is 0 Å². The third kappa shape index (κ3) is 13.3. The molecule has 5 rings (SSSR count). The number of nitrogens with zero attached hydrogens (tertiary/aromatic N) is 1. The number of fused-ring (bicyclic) bond motifs is 5. The third-order valence-electron chi connectivity index (χ3n) is 18.4. The lowest BCUT2D eigenvalue weighted by Crippen LogP contribution is -2.64. The average molecular weight is 1020 g/mol. The maximum Gasteiger partial charge on any atom is 0.329 e. The van der Waals surface area contributed by atoms with E-state index in [1.165, 1.54) is 4.90 Å². The van der Waals surface area contributed by atoms with Crippen LogP contribution in [0.15, 0.2) is 11.6 Å². The number of amides is 1. The highest BCUT2D eigenvalue weighted by molar-refractivity contribution is 6.74. The van der Waals surface area contributed by atoms with Gasteiger partial charge >= 0.3 is 5.97 Å². The van der Waals surface area contributed by atoms with Gasteiger partial charge in [0.1, 0.15) is 18.2 Å². The van der Waals surface area contributed by atoms with E-state index >= 15 is 4.79 Å². The molecule has 4 saturated heterocycles. The van der Waals surface area contributed by atoms with Crippen molar-refractivity contribution in [1.82, 2.24) is 4.90 Å². The molecule has 15 heteroatoms. The fourth-order valence-corrected chi connectivity index (χ4v) is 14.8. The Kier molecular flexibility index (Phi) is 19.6. The van der Waals surface area contributed by atoms with Crippen LogP contribution in [-0.2, 0) is 51.7 Å². The van der Waals surface area contributed by atoms with Crippen LogP contribution in [0.4, 0.5) is 0 Å². The Hall–Kier alpha value is -1.54. The van der Waals surface area contributed by atoms with Crippen LogP contribution >= 0.6 is 0 Å². The lowest BCUT2D eigenvalue weighted by Gasteiger charge is -2.47. The summed E-state index contributed by atoms with van der Waals surface area (Å²) in [4.78, 5) is 45.7. The number of cyclic esters (lactones) is 1. The van der Waals surface area contributed by atoms with Crippen LogP contribution in [-0.4, -0.2) is 138 Å². The number of rotatable bonds is 10. The molecule has 16 atom stereocenters. The number of esters is 1. The Morgan fingerprint density at radius 2 is 1.36 bits per heavy atom. The first-order valence-electron chi connectivity index (χ1n) is 27.1. The molecule has 5 fully saturated rings. The molecule has 0 radical (unpaired) electrons. The van der Waals surface area contributed by atoms with E-state index in [0.717, 1.165) is 44.1 Å². The molecule has 13 nitrogen and oxygen atoms in total. The summed E-state index contributed by atoms with van der Waals surface area (Å²) >= 11 is 0. The van der Waals surface area contributed by atoms with Crippen molar-refractivity contribution in [3.8, 4) is 0 Å². The number of hydrogen-bond donors (Lipinski definition) is 1. The monoisotopic (exact) mass is 1020 g/mol. The van der Waals surface area contributed by atoms with E-state index in [0.29, 0.717) is 32.1 Å². The van der Waals surface area contributed by atoms with Crippen molar-refractivity contribution < 1.29 is 56.8 Å². The second-order valence-electron chi connectivity index (χ2n) is 25.9. The number of carbonyl (C=O) groups is 3. The molecule has 4 heterocycles. The number of hydrogen-bond acceptors (Lipinski definition) is 12. The third-order valence-corrected chi connectivity index (χ3v) is 27.4. The van der Waals surface area contributed by atoms with Gasteiger partial charge in [-0.3, -0.25) is 9.59 Å². The highest BCUT2D eigenvalue weighted by atomic mass is 28.4. The minimum atomic E-state index is -2.47. The SMILES string of the molecule is CC[C@@H]1C[C@]2(C)C[C@H](C)C[C@H](OC)[C@H]3O[C@@](O)(C(=O)C(=O)N4CCCC[C@H]4C(=O)O[C@H](/C(C)=C/[C@@H]4CC[C@@H](O[Si](C)(C)C(C)(C)C)[C@H](OC)C4)[C@H](C)[C@@H](O[Si](C)(C)C(C)(C)C)C[C@@H]1O2)[C@H](C)C[C@@H]3OC. The number of methoxy groups -OCH3 is 3. The number of Topliss-reactive ketones (excluding diaryl/α,β-unsaturated/α-hetero) is 1. The molecule has 0 spiro atoms. The van der Waals surface area contributed by atoms with E-state index < -0.39 is 82.1 Å². The van der Waals surface area contributed by atoms with Crippen LogP contribution in [0.3, 0.4) is 0 Å². The van der Waals surface area contributed by atoms with Crippen LogP contribution in [0.5, 0.6) is 0 Å². The van der Waals surface area contributed by atoms with E-state index in [1.807, 2.05) is 0 Å². The molecule has 0 aromatic carbocycles. The zero-order valence-electron chi connectivity index (χ0n) is 47.2. The Morgan fingerprint density at radius 1 is 0.771 bits per heavy atom. The van der Waals surface area contributed by atoms with Gasteiger partial charge in [-0.25, -0.2) is 4.79 Å². The molecule has 1 saturated carbocycles. The predicted octanol–water partition coefficient (Wildman–Crippen LogP) is 10.6. The second-order valence-corrected chi connectivity index (χ2v) is 35.4. The predicted molar refractivity (Wildman–Crippen MR) is 279 cm³/mol. The maximum atomic E-state index is 15.1. The van der Waals surface area contributed by atoms with Crippen molar-refractivity contribution in [2.75, 3.05) is 27.9 Å². The van der Waals surface area contributed by atoms with Gasteiger partial charge < -0.3 is 47.3 Å². The number of carbonyl (C=O) groups excluding carboxylic acids is 3. The summed E-state index contributed by atoms with van der Waals surface area (Å²) in [6.45, 7) is 35.4. The standard InChI is InChI=1S/C55H99NO12Si2/c1-20-39-33-54(12)32-34(2)27-45(62-14)48-46(63-15)29-36(4)55(60,66-48)49(57)50(58)56-26-22-21-23-40(56)51(59)64-47(37(5)42(31-43(39)65-54)68-70(18,19)53(9,10)11)35(3)28-38-24-25-41(44(30-38)61-13)67-69(16,17)52(6,7)8/h28,34,36-48,60H,20-27,29-33H2,1-19H3/b35-28+/t34-,36-,37-,38+,39-,40+,41-,42+,43+,44-,45+,46+,47-,48-,54+,55-/m1/s1. The van der Waals surface area contributed by atoms with Crippen molar-refractivity contribution in [3.05, 3.63) is 11.6 Å².